The molecule has 0 bridgehead atoms. The van der Waals surface area contributed by atoms with Crippen molar-refractivity contribution >= 4 is 18.2 Å². The Morgan fingerprint density at radius 3 is 2.76 bits per heavy atom. The molecule has 192 valence electrons. The van der Waals surface area contributed by atoms with E-state index in [9.17, 15) is 9.59 Å². The first-order valence-electron chi connectivity index (χ1n) is 12.3. The maximum absolute atomic E-state index is 15.2. The predicted molar refractivity (Wildman–Crippen MR) is 139 cm³/mol. The van der Waals surface area contributed by atoms with Crippen LogP contribution in [-0.2, 0) is 4.79 Å². The quantitative estimate of drug-likeness (QED) is 0.501. The molecule has 2 aliphatic rings. The van der Waals surface area contributed by atoms with E-state index >= 15 is 4.39 Å². The lowest BCUT2D eigenvalue weighted by molar-refractivity contribution is -0.125. The molecule has 3 heterocycles. The zero-order valence-electron chi connectivity index (χ0n) is 20.8. The number of nitrogens with one attached hydrogen (secondary N) is 1. The van der Waals surface area contributed by atoms with Crippen molar-refractivity contribution in [2.75, 3.05) is 19.6 Å². The SMILES string of the molecule is C=CC(=O)N1CC[C@@H](n2c3c(n(-c4ccc(Oc5cccc(OC(C)C)c5)c(F)c4)c2=O)=CNCC=3)C1. The van der Waals surface area contributed by atoms with Gasteiger partial charge in [-0.05, 0) is 56.7 Å². The Hall–Kier alpha value is -4.27. The molecule has 1 amide bonds. The van der Waals surface area contributed by atoms with Gasteiger partial charge in [-0.1, -0.05) is 12.6 Å². The number of ether oxygens (including phenoxy) is 2. The summed E-state index contributed by atoms with van der Waals surface area (Å²) in [5, 5.41) is 4.52. The highest BCUT2D eigenvalue weighted by Crippen LogP contribution is 2.29. The molecule has 1 N–H and O–H groups in total. The number of benzene rings is 2. The van der Waals surface area contributed by atoms with E-state index in [1.54, 1.807) is 39.9 Å². The number of likely N-dealkylation sites (tertiary alicyclic amines) is 1. The molecule has 0 saturated carbocycles. The Bertz CT molecular complexity index is 1540. The van der Waals surface area contributed by atoms with Crippen LogP contribution in [0.15, 0.2) is 59.9 Å². The molecule has 3 aromatic rings. The summed E-state index contributed by atoms with van der Waals surface area (Å²) in [5.74, 6) is 0.355. The van der Waals surface area contributed by atoms with Crippen LogP contribution in [0.2, 0.25) is 0 Å². The monoisotopic (exact) mass is 504 g/mol. The van der Waals surface area contributed by atoms with Gasteiger partial charge in [-0.15, -0.1) is 0 Å². The van der Waals surface area contributed by atoms with Gasteiger partial charge in [0.2, 0.25) is 5.91 Å². The summed E-state index contributed by atoms with van der Waals surface area (Å²) in [4.78, 5) is 27.4. The van der Waals surface area contributed by atoms with Crippen LogP contribution in [0.4, 0.5) is 4.39 Å². The minimum atomic E-state index is -0.600. The average Bonchev–Trinajstić information content (AvgIpc) is 3.46. The number of nitrogens with zero attached hydrogens (tertiary/aromatic N) is 3. The highest BCUT2D eigenvalue weighted by atomic mass is 19.1. The molecule has 9 heteroatoms. The fourth-order valence-electron chi connectivity index (χ4n) is 4.81. The Kier molecular flexibility index (Phi) is 6.60. The molecule has 0 spiro atoms. The molecule has 0 radical (unpaired) electrons. The number of amides is 1. The van der Waals surface area contributed by atoms with Crippen LogP contribution in [0, 0.1) is 5.82 Å². The van der Waals surface area contributed by atoms with Crippen molar-refractivity contribution in [1.29, 1.82) is 0 Å². The smallest absolute Gasteiger partial charge is 0.334 e. The summed E-state index contributed by atoms with van der Waals surface area (Å²) in [7, 11) is 0. The molecule has 1 aromatic heterocycles. The summed E-state index contributed by atoms with van der Waals surface area (Å²) >= 11 is 0. The third-order valence-corrected chi connectivity index (χ3v) is 6.41. The van der Waals surface area contributed by atoms with E-state index in [1.807, 2.05) is 26.0 Å². The number of carbonyl (C=O) groups excluding carboxylic acids is 1. The summed E-state index contributed by atoms with van der Waals surface area (Å²) in [5.41, 5.74) is 0.0952. The Balaban J connectivity index is 1.48. The van der Waals surface area contributed by atoms with Gasteiger partial charge in [-0.3, -0.25) is 13.9 Å². The second-order valence-electron chi connectivity index (χ2n) is 9.30. The summed E-state index contributed by atoms with van der Waals surface area (Å²) in [6, 6.07) is 11.3. The Labute approximate surface area is 213 Å². The fourth-order valence-corrected chi connectivity index (χ4v) is 4.81. The van der Waals surface area contributed by atoms with E-state index in [4.69, 9.17) is 9.47 Å². The van der Waals surface area contributed by atoms with Crippen molar-refractivity contribution in [3.63, 3.8) is 0 Å². The van der Waals surface area contributed by atoms with E-state index in [0.29, 0.717) is 48.6 Å². The third kappa shape index (κ3) is 4.76. The second kappa shape index (κ2) is 10.0. The lowest BCUT2D eigenvalue weighted by atomic mass is 10.2. The number of hydrogen-bond acceptors (Lipinski definition) is 5. The minimum absolute atomic E-state index is 0.00105. The van der Waals surface area contributed by atoms with Crippen LogP contribution in [0.1, 0.15) is 26.3 Å². The standard InChI is InChI=1S/C28H29FN4O4/c1-4-27(34)31-13-11-20(17-31)33-24-10-12-30-16-25(24)32(28(33)35)19-8-9-26(23(29)14-19)37-22-7-5-6-21(15-22)36-18(2)3/h4-10,14-16,18,20,30H,1,11-13,17H2,2-3H3/t20-/m1/s1. The van der Waals surface area contributed by atoms with Crippen LogP contribution in [0.25, 0.3) is 18.0 Å². The number of hydrogen-bond donors (Lipinski definition) is 1. The molecule has 8 nitrogen and oxygen atoms in total. The van der Waals surface area contributed by atoms with Gasteiger partial charge >= 0.3 is 5.69 Å². The topological polar surface area (TPSA) is 77.7 Å². The van der Waals surface area contributed by atoms with Crippen molar-refractivity contribution in [3.05, 3.63) is 82.1 Å². The molecule has 0 aliphatic carbocycles. The normalized spacial score (nSPS) is 16.4. The first kappa shape index (κ1) is 24.4. The largest absolute Gasteiger partial charge is 0.491 e. The maximum atomic E-state index is 15.2. The zero-order chi connectivity index (χ0) is 26.1. The van der Waals surface area contributed by atoms with E-state index in [2.05, 4.69) is 11.9 Å². The molecular weight excluding hydrogens is 475 g/mol. The lowest BCUT2D eigenvalue weighted by Gasteiger charge is -2.15. The van der Waals surface area contributed by atoms with Gasteiger partial charge in [0.25, 0.3) is 0 Å². The molecule has 2 aliphatic heterocycles. The van der Waals surface area contributed by atoms with Gasteiger partial charge in [-0.25, -0.2) is 9.18 Å². The van der Waals surface area contributed by atoms with Gasteiger partial charge in [0, 0.05) is 38.0 Å². The highest BCUT2D eigenvalue weighted by molar-refractivity contribution is 5.87. The molecule has 2 aromatic carbocycles. The van der Waals surface area contributed by atoms with E-state index < -0.39 is 5.82 Å². The zero-order valence-corrected chi connectivity index (χ0v) is 20.8. The number of halogens is 1. The molecular formula is C28H29FN4O4. The Morgan fingerprint density at radius 2 is 2.00 bits per heavy atom. The molecule has 37 heavy (non-hydrogen) atoms. The molecule has 5 rings (SSSR count). The molecule has 0 unspecified atom stereocenters. The van der Waals surface area contributed by atoms with Crippen LogP contribution in [0.3, 0.4) is 0 Å². The second-order valence-corrected chi connectivity index (χ2v) is 9.30. The van der Waals surface area contributed by atoms with Gasteiger partial charge in [0.15, 0.2) is 11.6 Å². The van der Waals surface area contributed by atoms with Crippen LogP contribution < -0.4 is 31.2 Å². The van der Waals surface area contributed by atoms with Crippen LogP contribution in [-0.4, -0.2) is 45.7 Å². The summed E-state index contributed by atoms with van der Waals surface area (Å²) in [6.45, 7) is 8.94. The first-order chi connectivity index (χ1) is 17.9. The summed E-state index contributed by atoms with van der Waals surface area (Å²) in [6.07, 6.45) is 5.64. The molecule has 1 fully saturated rings. The predicted octanol–water partition coefficient (Wildman–Crippen LogP) is 2.44. The van der Waals surface area contributed by atoms with E-state index in [-0.39, 0.29) is 29.5 Å². The van der Waals surface area contributed by atoms with Crippen molar-refractivity contribution in [3.8, 4) is 22.9 Å². The maximum Gasteiger partial charge on any atom is 0.334 e. The number of fused-ring (bicyclic) bond motifs is 1. The van der Waals surface area contributed by atoms with Gasteiger partial charge in [0.05, 0.1) is 28.5 Å². The number of imidazole rings is 1. The van der Waals surface area contributed by atoms with Crippen LogP contribution in [0.5, 0.6) is 17.2 Å². The van der Waals surface area contributed by atoms with Crippen molar-refractivity contribution < 1.29 is 18.7 Å². The fraction of sp³-hybridized carbons (Fsp3) is 0.286. The van der Waals surface area contributed by atoms with Crippen molar-refractivity contribution in [2.45, 2.75) is 32.4 Å². The number of aromatic nitrogens is 2. The molecule has 1 atom stereocenters. The number of carbonyl (C=O) groups is 1. The third-order valence-electron chi connectivity index (χ3n) is 6.41. The minimum Gasteiger partial charge on any atom is -0.491 e. The summed E-state index contributed by atoms with van der Waals surface area (Å²) < 4.78 is 29.9. The Morgan fingerprint density at radius 1 is 1.19 bits per heavy atom. The van der Waals surface area contributed by atoms with Crippen molar-refractivity contribution in [2.24, 2.45) is 0 Å². The van der Waals surface area contributed by atoms with Gasteiger partial charge in [0.1, 0.15) is 11.5 Å². The van der Waals surface area contributed by atoms with E-state index in [1.165, 1.54) is 22.8 Å². The van der Waals surface area contributed by atoms with Gasteiger partial charge < -0.3 is 19.7 Å². The molecule has 1 saturated heterocycles. The number of rotatable bonds is 7. The van der Waals surface area contributed by atoms with E-state index in [0.717, 1.165) is 5.35 Å². The first-order valence-corrected chi connectivity index (χ1v) is 12.3. The average molecular weight is 505 g/mol. The van der Waals surface area contributed by atoms with Gasteiger partial charge in [-0.2, -0.15) is 0 Å². The van der Waals surface area contributed by atoms with Crippen LogP contribution >= 0.6 is 0 Å². The lowest BCUT2D eigenvalue weighted by Crippen LogP contribution is -2.41. The highest BCUT2D eigenvalue weighted by Gasteiger charge is 2.29. The van der Waals surface area contributed by atoms with Crippen molar-refractivity contribution in [1.82, 2.24) is 19.4 Å².